The van der Waals surface area contributed by atoms with Crippen molar-refractivity contribution in [3.05, 3.63) is 24.6 Å². The van der Waals surface area contributed by atoms with E-state index in [0.29, 0.717) is 6.42 Å². The smallest absolute Gasteiger partial charge is 0.224 e. The van der Waals surface area contributed by atoms with Crippen molar-refractivity contribution >= 4 is 22.7 Å². The van der Waals surface area contributed by atoms with Gasteiger partial charge in [-0.3, -0.25) is 4.79 Å². The van der Waals surface area contributed by atoms with E-state index < -0.39 is 0 Å². The molecule has 0 bridgehead atoms. The predicted octanol–water partition coefficient (Wildman–Crippen LogP) is 2.96. The van der Waals surface area contributed by atoms with Gasteiger partial charge >= 0.3 is 0 Å². The zero-order valence-corrected chi connectivity index (χ0v) is 9.19. The quantitative estimate of drug-likeness (QED) is 0.858. The molecule has 0 saturated carbocycles. The van der Waals surface area contributed by atoms with Gasteiger partial charge in [0.15, 0.2) is 12.0 Å². The van der Waals surface area contributed by atoms with Crippen LogP contribution >= 0.6 is 0 Å². The molecule has 0 unspecified atom stereocenters. The Hall–Kier alpha value is -1.84. The maximum Gasteiger partial charge on any atom is 0.224 e. The lowest BCUT2D eigenvalue weighted by Gasteiger charge is -2.03. The van der Waals surface area contributed by atoms with Crippen molar-refractivity contribution in [1.82, 2.24) is 4.98 Å². The number of hydrogen-bond donors (Lipinski definition) is 1. The molecule has 16 heavy (non-hydrogen) atoms. The highest BCUT2D eigenvalue weighted by atomic mass is 16.3. The fraction of sp³-hybridized carbons (Fsp3) is 0.333. The molecule has 1 N–H and O–H groups in total. The standard InChI is InChI=1S/C12H14N2O2/c1-2-3-4-12(15)14-9-5-6-11-10(7-9)13-8-16-11/h5-8H,2-4H2,1H3,(H,14,15). The number of benzene rings is 1. The molecule has 0 aliphatic carbocycles. The number of amides is 1. The first kappa shape index (κ1) is 10.7. The van der Waals surface area contributed by atoms with Gasteiger partial charge in [0.1, 0.15) is 5.52 Å². The maximum atomic E-state index is 11.5. The number of unbranched alkanes of at least 4 members (excludes halogenated alkanes) is 1. The van der Waals surface area contributed by atoms with Gasteiger partial charge in [-0.25, -0.2) is 4.98 Å². The highest BCUT2D eigenvalue weighted by molar-refractivity contribution is 5.92. The van der Waals surface area contributed by atoms with Crippen LogP contribution in [0.3, 0.4) is 0 Å². The van der Waals surface area contributed by atoms with E-state index in [1.807, 2.05) is 12.1 Å². The Morgan fingerprint density at radius 3 is 3.19 bits per heavy atom. The van der Waals surface area contributed by atoms with E-state index in [4.69, 9.17) is 4.42 Å². The molecule has 84 valence electrons. The summed E-state index contributed by atoms with van der Waals surface area (Å²) in [5.41, 5.74) is 2.25. The van der Waals surface area contributed by atoms with Crippen molar-refractivity contribution in [2.45, 2.75) is 26.2 Å². The lowest BCUT2D eigenvalue weighted by Crippen LogP contribution is -2.10. The maximum absolute atomic E-state index is 11.5. The summed E-state index contributed by atoms with van der Waals surface area (Å²) >= 11 is 0. The Balaban J connectivity index is 2.06. The van der Waals surface area contributed by atoms with Crippen molar-refractivity contribution < 1.29 is 9.21 Å². The number of anilines is 1. The number of carbonyl (C=O) groups excluding carboxylic acids is 1. The minimum absolute atomic E-state index is 0.0460. The van der Waals surface area contributed by atoms with E-state index in [1.54, 1.807) is 6.07 Å². The molecule has 0 radical (unpaired) electrons. The summed E-state index contributed by atoms with van der Waals surface area (Å²) in [5, 5.41) is 2.84. The lowest BCUT2D eigenvalue weighted by molar-refractivity contribution is -0.116. The van der Waals surface area contributed by atoms with Crippen molar-refractivity contribution in [2.75, 3.05) is 5.32 Å². The van der Waals surface area contributed by atoms with Gasteiger partial charge in [0.05, 0.1) is 0 Å². The molecule has 0 saturated heterocycles. The first-order chi connectivity index (χ1) is 7.79. The van der Waals surface area contributed by atoms with E-state index >= 15 is 0 Å². The van der Waals surface area contributed by atoms with Gasteiger partial charge < -0.3 is 9.73 Å². The fourth-order valence-electron chi connectivity index (χ4n) is 1.50. The number of fused-ring (bicyclic) bond motifs is 1. The number of carbonyl (C=O) groups is 1. The molecule has 2 aromatic rings. The van der Waals surface area contributed by atoms with Gasteiger partial charge in [0.2, 0.25) is 5.91 Å². The zero-order chi connectivity index (χ0) is 11.4. The zero-order valence-electron chi connectivity index (χ0n) is 9.19. The van der Waals surface area contributed by atoms with E-state index in [2.05, 4.69) is 17.2 Å². The summed E-state index contributed by atoms with van der Waals surface area (Å²) in [4.78, 5) is 15.5. The fourth-order valence-corrected chi connectivity index (χ4v) is 1.50. The van der Waals surface area contributed by atoms with Crippen molar-refractivity contribution in [2.24, 2.45) is 0 Å². The molecular formula is C12H14N2O2. The summed E-state index contributed by atoms with van der Waals surface area (Å²) < 4.78 is 5.12. The molecule has 0 spiro atoms. The van der Waals surface area contributed by atoms with Gasteiger partial charge in [-0.15, -0.1) is 0 Å². The van der Waals surface area contributed by atoms with Gasteiger partial charge in [0.25, 0.3) is 0 Å². The molecule has 0 fully saturated rings. The van der Waals surface area contributed by atoms with E-state index in [1.165, 1.54) is 6.39 Å². The van der Waals surface area contributed by atoms with Crippen molar-refractivity contribution in [3.63, 3.8) is 0 Å². The van der Waals surface area contributed by atoms with E-state index in [9.17, 15) is 4.79 Å². The van der Waals surface area contributed by atoms with Gasteiger partial charge in [-0.1, -0.05) is 13.3 Å². The van der Waals surface area contributed by atoms with Gasteiger partial charge in [-0.2, -0.15) is 0 Å². The molecule has 1 amide bonds. The second-order valence-corrected chi connectivity index (χ2v) is 3.69. The Kier molecular flexibility index (Phi) is 3.19. The molecule has 1 aromatic carbocycles. The predicted molar refractivity (Wildman–Crippen MR) is 62.2 cm³/mol. The average Bonchev–Trinajstić information content (AvgIpc) is 2.73. The highest BCUT2D eigenvalue weighted by Gasteiger charge is 2.03. The summed E-state index contributed by atoms with van der Waals surface area (Å²) in [6.45, 7) is 2.06. The van der Waals surface area contributed by atoms with E-state index in [0.717, 1.165) is 29.6 Å². The summed E-state index contributed by atoms with van der Waals surface area (Å²) in [5.74, 6) is 0.0460. The molecule has 1 aromatic heterocycles. The molecule has 1 heterocycles. The average molecular weight is 218 g/mol. The third-order valence-corrected chi connectivity index (χ3v) is 2.37. The SMILES string of the molecule is CCCCC(=O)Nc1ccc2ocnc2c1. The Bertz CT molecular complexity index is 490. The normalized spacial score (nSPS) is 10.6. The first-order valence-electron chi connectivity index (χ1n) is 5.42. The number of aromatic nitrogens is 1. The van der Waals surface area contributed by atoms with Crippen LogP contribution in [0.4, 0.5) is 5.69 Å². The van der Waals surface area contributed by atoms with Crippen LogP contribution in [-0.4, -0.2) is 10.9 Å². The molecular weight excluding hydrogens is 204 g/mol. The number of nitrogens with zero attached hydrogens (tertiary/aromatic N) is 1. The molecule has 0 aliphatic rings. The largest absolute Gasteiger partial charge is 0.443 e. The highest BCUT2D eigenvalue weighted by Crippen LogP contribution is 2.17. The van der Waals surface area contributed by atoms with Crippen LogP contribution in [0, 0.1) is 0 Å². The third-order valence-electron chi connectivity index (χ3n) is 2.37. The molecule has 0 aliphatic heterocycles. The number of hydrogen-bond acceptors (Lipinski definition) is 3. The number of rotatable bonds is 4. The van der Waals surface area contributed by atoms with Crippen molar-refractivity contribution in [3.8, 4) is 0 Å². The molecule has 0 atom stereocenters. The van der Waals surface area contributed by atoms with Crippen LogP contribution in [0.25, 0.3) is 11.1 Å². The van der Waals surface area contributed by atoms with Crippen LogP contribution in [0.2, 0.25) is 0 Å². The second-order valence-electron chi connectivity index (χ2n) is 3.69. The third kappa shape index (κ3) is 2.39. The monoisotopic (exact) mass is 218 g/mol. The van der Waals surface area contributed by atoms with Crippen LogP contribution in [0.15, 0.2) is 29.0 Å². The van der Waals surface area contributed by atoms with Crippen LogP contribution in [0.1, 0.15) is 26.2 Å². The molecule has 4 nitrogen and oxygen atoms in total. The topological polar surface area (TPSA) is 55.1 Å². The van der Waals surface area contributed by atoms with Crippen LogP contribution in [-0.2, 0) is 4.79 Å². The minimum Gasteiger partial charge on any atom is -0.443 e. The Labute approximate surface area is 93.7 Å². The second kappa shape index (κ2) is 4.79. The van der Waals surface area contributed by atoms with Crippen molar-refractivity contribution in [1.29, 1.82) is 0 Å². The summed E-state index contributed by atoms with van der Waals surface area (Å²) in [6.07, 6.45) is 3.90. The Morgan fingerprint density at radius 1 is 1.50 bits per heavy atom. The number of oxazole rings is 1. The minimum atomic E-state index is 0.0460. The molecule has 4 heteroatoms. The van der Waals surface area contributed by atoms with Crippen LogP contribution in [0.5, 0.6) is 0 Å². The number of nitrogens with one attached hydrogen (secondary N) is 1. The summed E-state index contributed by atoms with van der Waals surface area (Å²) in [6, 6.07) is 5.43. The Morgan fingerprint density at radius 2 is 2.38 bits per heavy atom. The first-order valence-corrected chi connectivity index (χ1v) is 5.42. The van der Waals surface area contributed by atoms with E-state index in [-0.39, 0.29) is 5.91 Å². The van der Waals surface area contributed by atoms with Gasteiger partial charge in [0, 0.05) is 12.1 Å². The molecule has 2 rings (SSSR count). The van der Waals surface area contributed by atoms with Gasteiger partial charge in [-0.05, 0) is 24.6 Å². The summed E-state index contributed by atoms with van der Waals surface area (Å²) in [7, 11) is 0. The van der Waals surface area contributed by atoms with Crippen LogP contribution < -0.4 is 5.32 Å². The lowest BCUT2D eigenvalue weighted by atomic mass is 10.2.